The predicted molar refractivity (Wildman–Crippen MR) is 147 cm³/mol. The summed E-state index contributed by atoms with van der Waals surface area (Å²) in [4.78, 5) is 28.4. The molecule has 1 atom stereocenters. The van der Waals surface area contributed by atoms with E-state index in [1.165, 1.54) is 4.90 Å². The Hall–Kier alpha value is -3.65. The average Bonchev–Trinajstić information content (AvgIpc) is 2.89. The highest BCUT2D eigenvalue weighted by atomic mass is 32.2. The first-order valence-electron chi connectivity index (χ1n) is 12.4. The first-order valence-corrected chi connectivity index (χ1v) is 13.9. The van der Waals surface area contributed by atoms with Crippen molar-refractivity contribution in [1.82, 2.24) is 10.2 Å². The third kappa shape index (κ3) is 6.98. The molecule has 1 N–H and O–H groups in total. The van der Waals surface area contributed by atoms with Crippen molar-refractivity contribution in [2.45, 2.75) is 51.6 Å². The Labute approximate surface area is 220 Å². The standard InChI is InChI=1S/C29H35N3O4S/c1-5-27(29(34)30-6-2)31(20-24-16-12-22(3)13-17-24)28(33)21-32(25-10-8-7-9-11-25)37(35,36)26-18-14-23(4)15-19-26/h7-19,27H,5-6,20-21H2,1-4H3,(H,30,34)/t27-/m1/s1. The number of anilines is 1. The maximum atomic E-state index is 13.9. The SMILES string of the molecule is CCNC(=O)[C@@H](CC)N(Cc1ccc(C)cc1)C(=O)CN(c1ccccc1)S(=O)(=O)c1ccc(C)cc1. The summed E-state index contributed by atoms with van der Waals surface area (Å²) in [5.74, 6) is -0.726. The van der Waals surface area contributed by atoms with Gasteiger partial charge in [0.25, 0.3) is 10.0 Å². The molecule has 2 amide bonds. The van der Waals surface area contributed by atoms with Crippen LogP contribution < -0.4 is 9.62 Å². The predicted octanol–water partition coefficient (Wildman–Crippen LogP) is 4.44. The number of amides is 2. The normalized spacial score (nSPS) is 12.0. The smallest absolute Gasteiger partial charge is 0.264 e. The van der Waals surface area contributed by atoms with Crippen molar-refractivity contribution in [3.8, 4) is 0 Å². The third-order valence-corrected chi connectivity index (χ3v) is 7.93. The van der Waals surface area contributed by atoms with Crippen molar-refractivity contribution in [3.63, 3.8) is 0 Å². The molecule has 0 aliphatic heterocycles. The highest BCUT2D eigenvalue weighted by Gasteiger charge is 2.33. The lowest BCUT2D eigenvalue weighted by molar-refractivity contribution is -0.140. The molecule has 0 saturated heterocycles. The summed E-state index contributed by atoms with van der Waals surface area (Å²) in [7, 11) is -4.06. The second-order valence-electron chi connectivity index (χ2n) is 8.99. The van der Waals surface area contributed by atoms with Crippen LogP contribution in [0, 0.1) is 13.8 Å². The molecule has 0 aliphatic rings. The fourth-order valence-electron chi connectivity index (χ4n) is 4.06. The van der Waals surface area contributed by atoms with E-state index in [1.54, 1.807) is 54.6 Å². The Balaban J connectivity index is 2.02. The number of likely N-dealkylation sites (N-methyl/N-ethyl adjacent to an activating group) is 1. The highest BCUT2D eigenvalue weighted by molar-refractivity contribution is 7.92. The Morgan fingerprint density at radius 3 is 1.95 bits per heavy atom. The van der Waals surface area contributed by atoms with Gasteiger partial charge in [-0.3, -0.25) is 13.9 Å². The number of carbonyl (C=O) groups is 2. The number of para-hydroxylation sites is 1. The van der Waals surface area contributed by atoms with Gasteiger partial charge in [-0.15, -0.1) is 0 Å². The zero-order valence-electron chi connectivity index (χ0n) is 21.8. The van der Waals surface area contributed by atoms with Crippen LogP contribution in [0.1, 0.15) is 37.0 Å². The Morgan fingerprint density at radius 1 is 0.838 bits per heavy atom. The van der Waals surface area contributed by atoms with Gasteiger partial charge in [0.05, 0.1) is 10.6 Å². The van der Waals surface area contributed by atoms with Crippen molar-refractivity contribution in [1.29, 1.82) is 0 Å². The molecule has 37 heavy (non-hydrogen) atoms. The summed E-state index contributed by atoms with van der Waals surface area (Å²) in [5, 5.41) is 2.81. The molecular formula is C29H35N3O4S. The molecule has 3 aromatic carbocycles. The molecule has 0 spiro atoms. The van der Waals surface area contributed by atoms with Gasteiger partial charge < -0.3 is 10.2 Å². The lowest BCUT2D eigenvalue weighted by Crippen LogP contribution is -2.52. The van der Waals surface area contributed by atoms with Crippen LogP contribution >= 0.6 is 0 Å². The maximum Gasteiger partial charge on any atom is 0.264 e. The molecule has 3 rings (SSSR count). The number of nitrogens with zero attached hydrogens (tertiary/aromatic N) is 2. The Morgan fingerprint density at radius 2 is 1.41 bits per heavy atom. The first-order chi connectivity index (χ1) is 17.7. The van der Waals surface area contributed by atoms with E-state index in [0.717, 1.165) is 21.0 Å². The van der Waals surface area contributed by atoms with Crippen LogP contribution in [0.5, 0.6) is 0 Å². The topological polar surface area (TPSA) is 86.8 Å². The molecule has 0 aromatic heterocycles. The van der Waals surface area contributed by atoms with Gasteiger partial charge in [0.2, 0.25) is 11.8 Å². The molecule has 0 radical (unpaired) electrons. The van der Waals surface area contributed by atoms with Crippen LogP contribution in [0.15, 0.2) is 83.8 Å². The fourth-order valence-corrected chi connectivity index (χ4v) is 5.48. The number of aryl methyl sites for hydroxylation is 2. The summed E-state index contributed by atoms with van der Waals surface area (Å²) in [5.41, 5.74) is 3.24. The van der Waals surface area contributed by atoms with E-state index in [-0.39, 0.29) is 17.3 Å². The van der Waals surface area contributed by atoms with Crippen LogP contribution in [0.3, 0.4) is 0 Å². The number of sulfonamides is 1. The van der Waals surface area contributed by atoms with Crippen molar-refractivity contribution in [2.24, 2.45) is 0 Å². The second kappa shape index (κ2) is 12.5. The van der Waals surface area contributed by atoms with Crippen LogP contribution in [0.25, 0.3) is 0 Å². The summed E-state index contributed by atoms with van der Waals surface area (Å²) >= 11 is 0. The van der Waals surface area contributed by atoms with Gasteiger partial charge in [0.1, 0.15) is 12.6 Å². The molecule has 7 nitrogen and oxygen atoms in total. The van der Waals surface area contributed by atoms with Crippen LogP contribution in [0.4, 0.5) is 5.69 Å². The van der Waals surface area contributed by atoms with E-state index in [4.69, 9.17) is 0 Å². The molecule has 0 aliphatic carbocycles. The van der Waals surface area contributed by atoms with Gasteiger partial charge in [-0.05, 0) is 57.0 Å². The second-order valence-corrected chi connectivity index (χ2v) is 10.8. The molecule has 8 heteroatoms. The number of benzene rings is 3. The minimum Gasteiger partial charge on any atom is -0.355 e. The van der Waals surface area contributed by atoms with Crippen LogP contribution in [-0.4, -0.2) is 44.3 Å². The number of hydrogen-bond acceptors (Lipinski definition) is 4. The molecule has 0 heterocycles. The van der Waals surface area contributed by atoms with E-state index in [1.807, 2.05) is 52.0 Å². The number of carbonyl (C=O) groups excluding carboxylic acids is 2. The molecule has 196 valence electrons. The van der Waals surface area contributed by atoms with Gasteiger partial charge in [-0.1, -0.05) is 72.6 Å². The Kier molecular flexibility index (Phi) is 9.47. The summed E-state index contributed by atoms with van der Waals surface area (Å²) < 4.78 is 28.6. The number of hydrogen-bond donors (Lipinski definition) is 1. The van der Waals surface area contributed by atoms with E-state index < -0.39 is 28.5 Å². The quantitative estimate of drug-likeness (QED) is 0.404. The van der Waals surface area contributed by atoms with Crippen molar-refractivity contribution in [3.05, 3.63) is 95.6 Å². The van der Waals surface area contributed by atoms with Crippen molar-refractivity contribution < 1.29 is 18.0 Å². The van der Waals surface area contributed by atoms with Crippen molar-refractivity contribution in [2.75, 3.05) is 17.4 Å². The minimum absolute atomic E-state index is 0.0932. The average molecular weight is 522 g/mol. The highest BCUT2D eigenvalue weighted by Crippen LogP contribution is 2.25. The molecular weight excluding hydrogens is 486 g/mol. The molecule has 0 saturated carbocycles. The van der Waals surface area contributed by atoms with Gasteiger partial charge in [0, 0.05) is 13.1 Å². The van der Waals surface area contributed by atoms with E-state index in [2.05, 4.69) is 5.32 Å². The molecule has 0 bridgehead atoms. The van der Waals surface area contributed by atoms with Gasteiger partial charge in [-0.2, -0.15) is 0 Å². The van der Waals surface area contributed by atoms with Gasteiger partial charge in [0.15, 0.2) is 0 Å². The van der Waals surface area contributed by atoms with E-state index in [0.29, 0.717) is 18.7 Å². The fraction of sp³-hybridized carbons (Fsp3) is 0.310. The van der Waals surface area contributed by atoms with Crippen LogP contribution in [0.2, 0.25) is 0 Å². The van der Waals surface area contributed by atoms with Gasteiger partial charge >= 0.3 is 0 Å². The van der Waals surface area contributed by atoms with Gasteiger partial charge in [-0.25, -0.2) is 8.42 Å². The zero-order chi connectivity index (χ0) is 27.0. The van der Waals surface area contributed by atoms with E-state index >= 15 is 0 Å². The number of nitrogens with one attached hydrogen (secondary N) is 1. The lowest BCUT2D eigenvalue weighted by atomic mass is 10.1. The molecule has 0 unspecified atom stereocenters. The minimum atomic E-state index is -4.06. The number of rotatable bonds is 11. The van der Waals surface area contributed by atoms with E-state index in [9.17, 15) is 18.0 Å². The summed E-state index contributed by atoms with van der Waals surface area (Å²) in [6.45, 7) is 7.69. The molecule has 0 fully saturated rings. The third-order valence-electron chi connectivity index (χ3n) is 6.14. The lowest BCUT2D eigenvalue weighted by Gasteiger charge is -2.33. The first kappa shape index (κ1) is 27.9. The Bertz CT molecular complexity index is 1290. The largest absolute Gasteiger partial charge is 0.355 e. The summed E-state index contributed by atoms with van der Waals surface area (Å²) in [6.07, 6.45) is 0.388. The molecule has 3 aromatic rings. The monoisotopic (exact) mass is 521 g/mol. The van der Waals surface area contributed by atoms with Crippen LogP contribution in [-0.2, 0) is 26.2 Å². The summed E-state index contributed by atoms with van der Waals surface area (Å²) in [6, 6.07) is 22.1. The zero-order valence-corrected chi connectivity index (χ0v) is 22.7. The maximum absolute atomic E-state index is 13.9. The van der Waals surface area contributed by atoms with Crippen molar-refractivity contribution >= 4 is 27.5 Å².